The Hall–Kier alpha value is -3.80. The summed E-state index contributed by atoms with van der Waals surface area (Å²) in [5.74, 6) is -0.158. The van der Waals surface area contributed by atoms with E-state index in [0.29, 0.717) is 18.4 Å². The number of nitrogens with zero attached hydrogens (tertiary/aromatic N) is 4. The van der Waals surface area contributed by atoms with Crippen molar-refractivity contribution in [1.82, 2.24) is 14.8 Å². The minimum absolute atomic E-state index is 0.113. The van der Waals surface area contributed by atoms with Crippen LogP contribution in [0, 0.1) is 6.92 Å². The molecular weight excluding hydrogens is 400 g/mol. The van der Waals surface area contributed by atoms with Crippen LogP contribution in [0.5, 0.6) is 0 Å². The molecule has 2 aromatic carbocycles. The molecule has 6 nitrogen and oxygen atoms in total. The van der Waals surface area contributed by atoms with Gasteiger partial charge in [0.05, 0.1) is 11.1 Å². The predicted octanol–water partition coefficient (Wildman–Crippen LogP) is 4.13. The van der Waals surface area contributed by atoms with Gasteiger partial charge in [-0.2, -0.15) is 5.10 Å². The Morgan fingerprint density at radius 1 is 1.03 bits per heavy atom. The first-order valence-electron chi connectivity index (χ1n) is 10.8. The van der Waals surface area contributed by atoms with E-state index in [1.807, 2.05) is 68.4 Å². The fourth-order valence-corrected chi connectivity index (χ4v) is 3.87. The highest BCUT2D eigenvalue weighted by Gasteiger charge is 2.19. The number of benzene rings is 2. The van der Waals surface area contributed by atoms with Crippen molar-refractivity contribution in [1.29, 1.82) is 0 Å². The summed E-state index contributed by atoms with van der Waals surface area (Å²) >= 11 is 0. The lowest BCUT2D eigenvalue weighted by molar-refractivity contribution is -0.119. The number of amides is 1. The topological polar surface area (TPSA) is 68.1 Å². The molecule has 0 radical (unpaired) electrons. The molecule has 0 unspecified atom stereocenters. The number of rotatable bonds is 7. The van der Waals surface area contributed by atoms with Crippen molar-refractivity contribution >= 4 is 22.4 Å². The van der Waals surface area contributed by atoms with Crippen LogP contribution >= 0.6 is 0 Å². The molecule has 1 amide bonds. The van der Waals surface area contributed by atoms with Crippen molar-refractivity contribution in [3.8, 4) is 0 Å². The van der Waals surface area contributed by atoms with Crippen molar-refractivity contribution in [3.05, 3.63) is 100 Å². The van der Waals surface area contributed by atoms with E-state index >= 15 is 0 Å². The molecule has 162 valence electrons. The van der Waals surface area contributed by atoms with Gasteiger partial charge in [0, 0.05) is 36.4 Å². The van der Waals surface area contributed by atoms with E-state index in [1.165, 1.54) is 4.68 Å². The van der Waals surface area contributed by atoms with Crippen LogP contribution < -0.4 is 10.5 Å². The molecule has 32 heavy (non-hydrogen) atoms. The van der Waals surface area contributed by atoms with E-state index in [1.54, 1.807) is 23.4 Å². The molecule has 0 spiro atoms. The minimum atomic E-state index is -0.260. The van der Waals surface area contributed by atoms with Crippen LogP contribution in [0.1, 0.15) is 30.2 Å². The Morgan fingerprint density at radius 3 is 2.56 bits per heavy atom. The van der Waals surface area contributed by atoms with Gasteiger partial charge in [0.2, 0.25) is 5.91 Å². The third kappa shape index (κ3) is 4.59. The smallest absolute Gasteiger partial charge is 0.275 e. The van der Waals surface area contributed by atoms with Gasteiger partial charge in [-0.25, -0.2) is 4.68 Å². The molecule has 0 atom stereocenters. The number of carbonyl (C=O) groups excluding carboxylic acids is 1. The van der Waals surface area contributed by atoms with Gasteiger partial charge < -0.3 is 4.90 Å². The van der Waals surface area contributed by atoms with Crippen molar-refractivity contribution < 1.29 is 4.79 Å². The van der Waals surface area contributed by atoms with Gasteiger partial charge in [0.15, 0.2) is 0 Å². The van der Waals surface area contributed by atoms with Crippen molar-refractivity contribution in [3.63, 3.8) is 0 Å². The second-order valence-electron chi connectivity index (χ2n) is 7.88. The largest absolute Gasteiger partial charge is 0.311 e. The van der Waals surface area contributed by atoms with E-state index in [2.05, 4.69) is 10.1 Å². The molecule has 2 aromatic heterocycles. The van der Waals surface area contributed by atoms with E-state index in [9.17, 15) is 9.59 Å². The highest BCUT2D eigenvalue weighted by molar-refractivity contribution is 5.93. The SMILES string of the molecule is CCCN(C(=O)Cn1nc(Cc2cccnc2)c2ccccc2c1=O)c1cccc(C)c1. The van der Waals surface area contributed by atoms with Gasteiger partial charge in [-0.05, 0) is 48.7 Å². The highest BCUT2D eigenvalue weighted by Crippen LogP contribution is 2.19. The Kier molecular flexibility index (Phi) is 6.40. The summed E-state index contributed by atoms with van der Waals surface area (Å²) in [4.78, 5) is 32.4. The molecule has 0 fully saturated rings. The Labute approximate surface area is 187 Å². The van der Waals surface area contributed by atoms with Crippen molar-refractivity contribution in [2.24, 2.45) is 0 Å². The Bertz CT molecular complexity index is 1300. The van der Waals surface area contributed by atoms with Crippen LogP contribution in [-0.2, 0) is 17.8 Å². The summed E-state index contributed by atoms with van der Waals surface area (Å²) in [6, 6.07) is 19.1. The van der Waals surface area contributed by atoms with Crippen LogP contribution in [0.2, 0.25) is 0 Å². The summed E-state index contributed by atoms with van der Waals surface area (Å²) in [7, 11) is 0. The maximum absolute atomic E-state index is 13.3. The maximum atomic E-state index is 13.3. The summed E-state index contributed by atoms with van der Waals surface area (Å²) in [5, 5.41) is 5.98. The number of anilines is 1. The maximum Gasteiger partial charge on any atom is 0.275 e. The van der Waals surface area contributed by atoms with Crippen LogP contribution in [0.4, 0.5) is 5.69 Å². The number of hydrogen-bond donors (Lipinski definition) is 0. The molecule has 0 N–H and O–H groups in total. The number of pyridine rings is 1. The van der Waals surface area contributed by atoms with Crippen LogP contribution in [0.15, 0.2) is 77.9 Å². The van der Waals surface area contributed by atoms with E-state index < -0.39 is 0 Å². The number of hydrogen-bond acceptors (Lipinski definition) is 4. The zero-order chi connectivity index (χ0) is 22.5. The number of fused-ring (bicyclic) bond motifs is 1. The standard InChI is InChI=1S/C26H26N4O2/c1-3-14-29(21-10-6-8-19(2)15-21)25(31)18-30-26(32)23-12-5-4-11-22(23)24(28-30)16-20-9-7-13-27-17-20/h4-13,15,17H,3,14,16,18H2,1-2H3. The molecule has 4 aromatic rings. The van der Waals surface area contributed by atoms with E-state index in [-0.39, 0.29) is 18.0 Å². The molecule has 0 bridgehead atoms. The van der Waals surface area contributed by atoms with Gasteiger partial charge in [-0.15, -0.1) is 0 Å². The summed E-state index contributed by atoms with van der Waals surface area (Å²) in [5.41, 5.74) is 3.40. The minimum Gasteiger partial charge on any atom is -0.311 e. The van der Waals surface area contributed by atoms with E-state index in [4.69, 9.17) is 0 Å². The van der Waals surface area contributed by atoms with Gasteiger partial charge in [-0.3, -0.25) is 14.6 Å². The molecule has 6 heteroatoms. The van der Waals surface area contributed by atoms with Crippen molar-refractivity contribution in [2.75, 3.05) is 11.4 Å². The molecule has 0 aliphatic rings. The van der Waals surface area contributed by atoms with Crippen LogP contribution in [0.3, 0.4) is 0 Å². The third-order valence-electron chi connectivity index (χ3n) is 5.39. The fourth-order valence-electron chi connectivity index (χ4n) is 3.87. The monoisotopic (exact) mass is 426 g/mol. The first-order valence-corrected chi connectivity index (χ1v) is 10.8. The highest BCUT2D eigenvalue weighted by atomic mass is 16.2. The number of aromatic nitrogens is 3. The number of carbonyl (C=O) groups is 1. The zero-order valence-electron chi connectivity index (χ0n) is 18.4. The molecule has 0 saturated carbocycles. The second-order valence-corrected chi connectivity index (χ2v) is 7.88. The molecule has 0 aliphatic heterocycles. The molecule has 0 saturated heterocycles. The normalized spacial score (nSPS) is 10.9. The molecular formula is C26H26N4O2. The quantitative estimate of drug-likeness (QED) is 0.446. The fraction of sp³-hybridized carbons (Fsp3) is 0.231. The van der Waals surface area contributed by atoms with Gasteiger partial charge in [-0.1, -0.05) is 43.3 Å². The average Bonchev–Trinajstić information content (AvgIpc) is 2.81. The third-order valence-corrected chi connectivity index (χ3v) is 5.39. The lowest BCUT2D eigenvalue weighted by Gasteiger charge is -2.23. The summed E-state index contributed by atoms with van der Waals surface area (Å²) in [6.07, 6.45) is 4.85. The van der Waals surface area contributed by atoms with Gasteiger partial charge >= 0.3 is 0 Å². The lowest BCUT2D eigenvalue weighted by atomic mass is 10.1. The molecule has 4 rings (SSSR count). The van der Waals surface area contributed by atoms with E-state index in [0.717, 1.165) is 34.3 Å². The van der Waals surface area contributed by atoms with Crippen molar-refractivity contribution in [2.45, 2.75) is 33.2 Å². The molecule has 2 heterocycles. The number of aryl methyl sites for hydroxylation is 1. The first-order chi connectivity index (χ1) is 15.6. The zero-order valence-corrected chi connectivity index (χ0v) is 18.4. The lowest BCUT2D eigenvalue weighted by Crippen LogP contribution is -2.38. The second kappa shape index (κ2) is 9.56. The Balaban J connectivity index is 1.72. The van der Waals surface area contributed by atoms with Gasteiger partial charge in [0.25, 0.3) is 5.56 Å². The Morgan fingerprint density at radius 2 is 1.84 bits per heavy atom. The summed E-state index contributed by atoms with van der Waals surface area (Å²) < 4.78 is 1.30. The average molecular weight is 427 g/mol. The summed E-state index contributed by atoms with van der Waals surface area (Å²) in [6.45, 7) is 4.49. The molecule has 0 aliphatic carbocycles. The predicted molar refractivity (Wildman–Crippen MR) is 127 cm³/mol. The van der Waals surface area contributed by atoms with Crippen LogP contribution in [-0.4, -0.2) is 27.2 Å². The van der Waals surface area contributed by atoms with Crippen LogP contribution in [0.25, 0.3) is 10.8 Å². The first kappa shape index (κ1) is 21.4. The van der Waals surface area contributed by atoms with Gasteiger partial charge in [0.1, 0.15) is 6.54 Å².